The minimum absolute atomic E-state index is 0.0754. The van der Waals surface area contributed by atoms with E-state index < -0.39 is 15.9 Å². The van der Waals surface area contributed by atoms with Crippen LogP contribution < -0.4 is 4.72 Å². The van der Waals surface area contributed by atoms with E-state index in [1.54, 1.807) is 50.2 Å². The first-order valence-electron chi connectivity index (χ1n) is 7.54. The summed E-state index contributed by atoms with van der Waals surface area (Å²) in [6.45, 7) is 1.69. The highest BCUT2D eigenvalue weighted by Gasteiger charge is 2.25. The fourth-order valence-electron chi connectivity index (χ4n) is 2.47. The summed E-state index contributed by atoms with van der Waals surface area (Å²) in [7, 11) is -0.761. The molecule has 2 aromatic heterocycles. The molecule has 3 aromatic rings. The molecule has 0 fully saturated rings. The number of hydrogen-bond acceptors (Lipinski definition) is 5. The number of rotatable bonds is 4. The van der Waals surface area contributed by atoms with Gasteiger partial charge in [0.1, 0.15) is 10.6 Å². The number of sulfonamides is 1. The van der Waals surface area contributed by atoms with Crippen molar-refractivity contribution in [1.29, 1.82) is 0 Å². The minimum atomic E-state index is -4.13. The Morgan fingerprint density at radius 2 is 1.92 bits per heavy atom. The quantitative estimate of drug-likeness (QED) is 0.729. The second-order valence-electron chi connectivity index (χ2n) is 5.79. The fraction of sp³-hybridized carbons (Fsp3) is 0.188. The van der Waals surface area contributed by atoms with E-state index in [2.05, 4.69) is 14.9 Å². The third-order valence-corrected chi connectivity index (χ3v) is 5.71. The third-order valence-electron chi connectivity index (χ3n) is 3.72. The topological polar surface area (TPSA) is 98.9 Å². The van der Waals surface area contributed by atoms with Gasteiger partial charge in [0.05, 0.1) is 16.8 Å². The molecular formula is C16H16ClN5O3S. The van der Waals surface area contributed by atoms with E-state index >= 15 is 0 Å². The van der Waals surface area contributed by atoms with E-state index in [0.717, 1.165) is 0 Å². The molecule has 136 valence electrons. The zero-order valence-corrected chi connectivity index (χ0v) is 15.8. The average molecular weight is 394 g/mol. The van der Waals surface area contributed by atoms with Crippen molar-refractivity contribution in [2.75, 3.05) is 0 Å². The number of amides is 1. The van der Waals surface area contributed by atoms with Crippen LogP contribution in [0.2, 0.25) is 5.02 Å². The Morgan fingerprint density at radius 3 is 2.58 bits per heavy atom. The zero-order chi connectivity index (χ0) is 19.1. The Morgan fingerprint density at radius 1 is 1.19 bits per heavy atom. The van der Waals surface area contributed by atoms with E-state index in [0.29, 0.717) is 16.8 Å². The normalized spacial score (nSPS) is 11.5. The van der Waals surface area contributed by atoms with Gasteiger partial charge in [0.2, 0.25) is 0 Å². The Labute approximate surface area is 155 Å². The first-order chi connectivity index (χ1) is 12.2. The molecule has 1 N–H and O–H groups in total. The van der Waals surface area contributed by atoms with E-state index in [1.807, 2.05) is 0 Å². The maximum absolute atomic E-state index is 12.6. The molecule has 3 rings (SSSR count). The zero-order valence-electron chi connectivity index (χ0n) is 14.3. The first kappa shape index (κ1) is 18.2. The van der Waals surface area contributed by atoms with Gasteiger partial charge in [0.15, 0.2) is 0 Å². The Kier molecular flexibility index (Phi) is 4.59. The van der Waals surface area contributed by atoms with Gasteiger partial charge in [-0.1, -0.05) is 23.7 Å². The Balaban J connectivity index is 1.97. The van der Waals surface area contributed by atoms with Crippen LogP contribution in [0.15, 0.2) is 41.7 Å². The number of aryl methyl sites for hydroxylation is 3. The van der Waals surface area contributed by atoms with Crippen molar-refractivity contribution in [3.05, 3.63) is 52.9 Å². The van der Waals surface area contributed by atoms with Gasteiger partial charge in [-0.3, -0.25) is 14.2 Å². The van der Waals surface area contributed by atoms with Gasteiger partial charge in [0, 0.05) is 32.1 Å². The van der Waals surface area contributed by atoms with Crippen LogP contribution in [0.3, 0.4) is 0 Å². The summed E-state index contributed by atoms with van der Waals surface area (Å²) >= 11 is 6.08. The van der Waals surface area contributed by atoms with Crippen LogP contribution in [0.5, 0.6) is 0 Å². The van der Waals surface area contributed by atoms with Crippen LogP contribution >= 0.6 is 11.6 Å². The van der Waals surface area contributed by atoms with E-state index in [4.69, 9.17) is 11.6 Å². The van der Waals surface area contributed by atoms with Crippen molar-refractivity contribution in [3.8, 4) is 11.3 Å². The number of hydrogen-bond donors (Lipinski definition) is 1. The molecule has 0 aliphatic rings. The predicted octanol–water partition coefficient (Wildman–Crippen LogP) is 1.90. The van der Waals surface area contributed by atoms with Crippen LogP contribution in [-0.4, -0.2) is 33.9 Å². The summed E-state index contributed by atoms with van der Waals surface area (Å²) in [4.78, 5) is 12.5. The summed E-state index contributed by atoms with van der Waals surface area (Å²) in [5.41, 5.74) is 1.65. The van der Waals surface area contributed by atoms with Crippen molar-refractivity contribution < 1.29 is 13.2 Å². The first-order valence-corrected chi connectivity index (χ1v) is 9.40. The maximum Gasteiger partial charge on any atom is 0.268 e. The number of carbonyl (C=O) groups excluding carboxylic acids is 1. The molecule has 10 heteroatoms. The molecule has 0 unspecified atom stereocenters. The van der Waals surface area contributed by atoms with E-state index in [9.17, 15) is 13.2 Å². The van der Waals surface area contributed by atoms with Crippen molar-refractivity contribution >= 4 is 27.5 Å². The summed E-state index contributed by atoms with van der Waals surface area (Å²) in [5, 5.41) is 8.35. The van der Waals surface area contributed by atoms with Gasteiger partial charge < -0.3 is 0 Å². The van der Waals surface area contributed by atoms with Crippen LogP contribution in [0, 0.1) is 6.92 Å². The highest BCUT2D eigenvalue weighted by molar-refractivity contribution is 7.90. The lowest BCUT2D eigenvalue weighted by molar-refractivity contribution is 0.0982. The van der Waals surface area contributed by atoms with Crippen molar-refractivity contribution in [3.63, 3.8) is 0 Å². The van der Waals surface area contributed by atoms with Crippen LogP contribution in [0.4, 0.5) is 0 Å². The Bertz CT molecular complexity index is 1100. The van der Waals surface area contributed by atoms with Crippen LogP contribution in [0.25, 0.3) is 11.3 Å². The summed E-state index contributed by atoms with van der Waals surface area (Å²) in [6, 6.07) is 4.59. The highest BCUT2D eigenvalue weighted by Crippen LogP contribution is 2.26. The van der Waals surface area contributed by atoms with Crippen molar-refractivity contribution in [1.82, 2.24) is 24.3 Å². The summed E-state index contributed by atoms with van der Waals surface area (Å²) in [5.74, 6) is -0.797. The smallest absolute Gasteiger partial charge is 0.268 e. The van der Waals surface area contributed by atoms with Gasteiger partial charge in [-0.2, -0.15) is 10.2 Å². The van der Waals surface area contributed by atoms with Gasteiger partial charge >= 0.3 is 0 Å². The molecule has 0 aliphatic carbocycles. The molecule has 0 aliphatic heterocycles. The molecule has 0 atom stereocenters. The molecule has 0 radical (unpaired) electrons. The monoisotopic (exact) mass is 393 g/mol. The predicted molar refractivity (Wildman–Crippen MR) is 96.3 cm³/mol. The maximum atomic E-state index is 12.6. The van der Waals surface area contributed by atoms with Gasteiger partial charge in [-0.15, -0.1) is 0 Å². The highest BCUT2D eigenvalue weighted by atomic mass is 35.5. The van der Waals surface area contributed by atoms with Crippen molar-refractivity contribution in [2.45, 2.75) is 11.8 Å². The van der Waals surface area contributed by atoms with E-state index in [1.165, 1.54) is 16.9 Å². The SMILES string of the molecule is Cc1cccc(S(=O)(=O)NC(=O)c2cn(C)nc2-c2cnn(C)c2)c1Cl. The number of nitrogens with one attached hydrogen (secondary N) is 1. The fourth-order valence-corrected chi connectivity index (χ4v) is 4.02. The molecule has 2 heterocycles. The lowest BCUT2D eigenvalue weighted by Gasteiger charge is -2.09. The molecular weight excluding hydrogens is 378 g/mol. The molecule has 8 nitrogen and oxygen atoms in total. The molecule has 0 saturated heterocycles. The number of nitrogens with zero attached hydrogens (tertiary/aromatic N) is 4. The second-order valence-corrected chi connectivity index (χ2v) is 7.82. The molecule has 0 spiro atoms. The molecule has 1 aromatic carbocycles. The number of aromatic nitrogens is 4. The van der Waals surface area contributed by atoms with Gasteiger partial charge in [-0.05, 0) is 18.6 Å². The number of carbonyl (C=O) groups is 1. The Hall–Kier alpha value is -2.65. The van der Waals surface area contributed by atoms with E-state index in [-0.39, 0.29) is 15.5 Å². The largest absolute Gasteiger partial charge is 0.275 e. The van der Waals surface area contributed by atoms with Crippen LogP contribution in [0.1, 0.15) is 15.9 Å². The third kappa shape index (κ3) is 3.35. The lowest BCUT2D eigenvalue weighted by atomic mass is 10.1. The lowest BCUT2D eigenvalue weighted by Crippen LogP contribution is -2.31. The molecule has 0 saturated carbocycles. The standard InChI is InChI=1S/C16H16ClN5O3S/c1-10-5-4-6-13(14(10)17)26(24,25)20-16(23)12-9-22(3)19-15(12)11-7-18-21(2)8-11/h4-9H,1-3H3,(H,20,23). The van der Waals surface area contributed by atoms with Crippen molar-refractivity contribution in [2.24, 2.45) is 14.1 Å². The second kappa shape index (κ2) is 6.58. The molecule has 0 bridgehead atoms. The summed E-state index contributed by atoms with van der Waals surface area (Å²) < 4.78 is 30.2. The van der Waals surface area contributed by atoms with Crippen LogP contribution in [-0.2, 0) is 24.1 Å². The number of benzene rings is 1. The van der Waals surface area contributed by atoms with Gasteiger partial charge in [-0.25, -0.2) is 13.1 Å². The van der Waals surface area contributed by atoms with Gasteiger partial charge in [0.25, 0.3) is 15.9 Å². The number of halogens is 1. The minimum Gasteiger partial charge on any atom is -0.275 e. The summed E-state index contributed by atoms with van der Waals surface area (Å²) in [6.07, 6.45) is 4.68. The average Bonchev–Trinajstić information content (AvgIpc) is 3.15. The molecule has 26 heavy (non-hydrogen) atoms. The molecule has 1 amide bonds.